The van der Waals surface area contributed by atoms with E-state index in [9.17, 15) is 4.79 Å². The fraction of sp³-hybridized carbons (Fsp3) is 0.176. The number of pyridine rings is 1. The molecule has 0 aliphatic heterocycles. The Morgan fingerprint density at radius 1 is 1.29 bits per heavy atom. The molecule has 0 unspecified atom stereocenters. The number of carbonyl (C=O) groups excluding carboxylic acids is 1. The molecule has 7 heteroatoms. The lowest BCUT2D eigenvalue weighted by molar-refractivity contribution is 0.0950. The summed E-state index contributed by atoms with van der Waals surface area (Å²) in [5, 5.41) is 8.05. The summed E-state index contributed by atoms with van der Waals surface area (Å²) >= 11 is 0. The normalized spacial score (nSPS) is 11.1. The van der Waals surface area contributed by atoms with E-state index in [-0.39, 0.29) is 5.91 Å². The molecule has 3 aromatic heterocycles. The van der Waals surface area contributed by atoms with Crippen molar-refractivity contribution in [3.05, 3.63) is 64.9 Å². The summed E-state index contributed by atoms with van der Waals surface area (Å²) in [5.41, 5.74) is 5.63. The molecule has 3 rings (SSSR count). The highest BCUT2D eigenvalue weighted by Crippen LogP contribution is 2.19. The van der Waals surface area contributed by atoms with Gasteiger partial charge in [-0.3, -0.25) is 14.3 Å². The summed E-state index contributed by atoms with van der Waals surface area (Å²) in [7, 11) is 0. The molecule has 1 amide bonds. The van der Waals surface area contributed by atoms with Crippen LogP contribution in [0, 0.1) is 20.8 Å². The lowest BCUT2D eigenvalue weighted by atomic mass is 10.3. The summed E-state index contributed by atoms with van der Waals surface area (Å²) in [6.45, 7) is 5.78. The van der Waals surface area contributed by atoms with E-state index in [0.29, 0.717) is 5.69 Å². The molecule has 0 saturated carbocycles. The van der Waals surface area contributed by atoms with Gasteiger partial charge in [-0.2, -0.15) is 5.10 Å². The Hall–Kier alpha value is -3.22. The van der Waals surface area contributed by atoms with Gasteiger partial charge >= 0.3 is 0 Å². The maximum atomic E-state index is 11.9. The van der Waals surface area contributed by atoms with E-state index in [4.69, 9.17) is 4.52 Å². The van der Waals surface area contributed by atoms with Crippen molar-refractivity contribution >= 4 is 12.1 Å². The summed E-state index contributed by atoms with van der Waals surface area (Å²) < 4.78 is 7.10. The first-order valence-corrected chi connectivity index (χ1v) is 7.43. The zero-order valence-corrected chi connectivity index (χ0v) is 13.6. The molecular formula is C17H17N5O2. The summed E-state index contributed by atoms with van der Waals surface area (Å²) in [5.74, 6) is 1.11. The molecule has 1 N–H and O–H groups in total. The number of amides is 1. The van der Waals surface area contributed by atoms with Crippen LogP contribution in [0.4, 0.5) is 0 Å². The number of hydrogen-bond donors (Lipinski definition) is 1. The van der Waals surface area contributed by atoms with Gasteiger partial charge in [0, 0.05) is 29.2 Å². The molecule has 24 heavy (non-hydrogen) atoms. The Bertz CT molecular complexity index is 893. The van der Waals surface area contributed by atoms with Crippen molar-refractivity contribution in [3.8, 4) is 5.82 Å². The Morgan fingerprint density at radius 2 is 2.12 bits per heavy atom. The lowest BCUT2D eigenvalue weighted by Gasteiger charge is -2.03. The standard InChI is InChI=1S/C17H17N5O2/c1-11-8-14(13(3)22(11)16-9-12(2)24-21-16)10-19-20-17(23)15-6-4-5-7-18-15/h4-10H,1-3H3,(H,20,23)/b19-10-. The minimum Gasteiger partial charge on any atom is -0.360 e. The van der Waals surface area contributed by atoms with E-state index in [1.54, 1.807) is 30.6 Å². The van der Waals surface area contributed by atoms with Gasteiger partial charge in [-0.15, -0.1) is 0 Å². The van der Waals surface area contributed by atoms with Crippen LogP contribution < -0.4 is 5.43 Å². The Labute approximate surface area is 139 Å². The molecular weight excluding hydrogens is 306 g/mol. The van der Waals surface area contributed by atoms with E-state index in [1.807, 2.05) is 37.5 Å². The van der Waals surface area contributed by atoms with Gasteiger partial charge in [0.05, 0.1) is 6.21 Å². The van der Waals surface area contributed by atoms with Gasteiger partial charge in [-0.1, -0.05) is 11.2 Å². The molecule has 0 bridgehead atoms. The van der Waals surface area contributed by atoms with Gasteiger partial charge in [-0.25, -0.2) is 5.43 Å². The molecule has 122 valence electrons. The molecule has 0 saturated heterocycles. The van der Waals surface area contributed by atoms with Crippen LogP contribution in [0.1, 0.15) is 33.2 Å². The lowest BCUT2D eigenvalue weighted by Crippen LogP contribution is -2.18. The highest BCUT2D eigenvalue weighted by atomic mass is 16.5. The fourth-order valence-corrected chi connectivity index (χ4v) is 2.44. The van der Waals surface area contributed by atoms with Crippen molar-refractivity contribution < 1.29 is 9.32 Å². The first-order valence-electron chi connectivity index (χ1n) is 7.43. The molecule has 3 aromatic rings. The number of hydrogen-bond acceptors (Lipinski definition) is 5. The van der Waals surface area contributed by atoms with Crippen LogP contribution in [-0.2, 0) is 0 Å². The van der Waals surface area contributed by atoms with Crippen molar-refractivity contribution in [2.24, 2.45) is 5.10 Å². The number of aromatic nitrogens is 3. The highest BCUT2D eigenvalue weighted by molar-refractivity contribution is 5.93. The van der Waals surface area contributed by atoms with E-state index in [0.717, 1.165) is 28.5 Å². The zero-order chi connectivity index (χ0) is 17.1. The van der Waals surface area contributed by atoms with Crippen LogP contribution in [0.15, 0.2) is 46.2 Å². The van der Waals surface area contributed by atoms with Crippen molar-refractivity contribution in [3.63, 3.8) is 0 Å². The van der Waals surface area contributed by atoms with E-state index in [1.165, 1.54) is 0 Å². The molecule has 0 radical (unpaired) electrons. The van der Waals surface area contributed by atoms with Gasteiger partial charge in [0.2, 0.25) is 0 Å². The number of nitrogens with zero attached hydrogens (tertiary/aromatic N) is 4. The van der Waals surface area contributed by atoms with Crippen molar-refractivity contribution in [1.29, 1.82) is 0 Å². The van der Waals surface area contributed by atoms with Crippen molar-refractivity contribution in [1.82, 2.24) is 20.1 Å². The van der Waals surface area contributed by atoms with Gasteiger partial charge in [0.1, 0.15) is 11.5 Å². The SMILES string of the molecule is Cc1cc(-n2c(C)cc(/C=N\NC(=O)c3ccccn3)c2C)no1. The number of aryl methyl sites for hydroxylation is 2. The number of rotatable bonds is 4. The number of hydrazone groups is 1. The molecule has 0 spiro atoms. The largest absolute Gasteiger partial charge is 0.360 e. The average Bonchev–Trinajstić information content (AvgIpc) is 3.11. The van der Waals surface area contributed by atoms with Gasteiger partial charge in [0.25, 0.3) is 5.91 Å². The Morgan fingerprint density at radius 3 is 2.79 bits per heavy atom. The molecule has 0 aromatic carbocycles. The van der Waals surface area contributed by atoms with Crippen LogP contribution in [0.5, 0.6) is 0 Å². The molecule has 0 fully saturated rings. The minimum absolute atomic E-state index is 0.318. The summed E-state index contributed by atoms with van der Waals surface area (Å²) in [6.07, 6.45) is 3.17. The van der Waals surface area contributed by atoms with Crippen LogP contribution >= 0.6 is 0 Å². The fourth-order valence-electron chi connectivity index (χ4n) is 2.44. The molecule has 3 heterocycles. The van der Waals surface area contributed by atoms with Crippen molar-refractivity contribution in [2.45, 2.75) is 20.8 Å². The molecule has 0 atom stereocenters. The van der Waals surface area contributed by atoms with E-state index in [2.05, 4.69) is 20.7 Å². The first kappa shape index (κ1) is 15.7. The number of nitrogens with one attached hydrogen (secondary N) is 1. The van der Waals surface area contributed by atoms with Gasteiger partial charge < -0.3 is 4.52 Å². The second-order valence-corrected chi connectivity index (χ2v) is 5.37. The molecule has 0 aliphatic carbocycles. The van der Waals surface area contributed by atoms with Crippen LogP contribution in [0.3, 0.4) is 0 Å². The molecule has 7 nitrogen and oxygen atoms in total. The maximum Gasteiger partial charge on any atom is 0.289 e. The predicted molar refractivity (Wildman–Crippen MR) is 89.3 cm³/mol. The predicted octanol–water partition coefficient (Wildman–Crippen LogP) is 2.55. The summed E-state index contributed by atoms with van der Waals surface area (Å²) in [4.78, 5) is 15.9. The Balaban J connectivity index is 1.77. The van der Waals surface area contributed by atoms with Crippen molar-refractivity contribution in [2.75, 3.05) is 0 Å². The van der Waals surface area contributed by atoms with Gasteiger partial charge in [-0.05, 0) is 39.0 Å². The first-order chi connectivity index (χ1) is 11.6. The van der Waals surface area contributed by atoms with Crippen LogP contribution in [0.25, 0.3) is 5.82 Å². The molecule has 0 aliphatic rings. The third-order valence-corrected chi connectivity index (χ3v) is 3.58. The maximum absolute atomic E-state index is 11.9. The third-order valence-electron chi connectivity index (χ3n) is 3.58. The highest BCUT2D eigenvalue weighted by Gasteiger charge is 2.12. The minimum atomic E-state index is -0.354. The third kappa shape index (κ3) is 3.10. The monoisotopic (exact) mass is 323 g/mol. The second-order valence-electron chi connectivity index (χ2n) is 5.37. The average molecular weight is 323 g/mol. The smallest absolute Gasteiger partial charge is 0.289 e. The van der Waals surface area contributed by atoms with E-state index >= 15 is 0 Å². The van der Waals surface area contributed by atoms with E-state index < -0.39 is 0 Å². The Kier molecular flexibility index (Phi) is 4.24. The summed E-state index contributed by atoms with van der Waals surface area (Å²) in [6, 6.07) is 8.96. The topological polar surface area (TPSA) is 85.3 Å². The quantitative estimate of drug-likeness (QED) is 0.590. The van der Waals surface area contributed by atoms with Crippen LogP contribution in [-0.4, -0.2) is 26.8 Å². The number of carbonyl (C=O) groups is 1. The van der Waals surface area contributed by atoms with Gasteiger partial charge in [0.15, 0.2) is 5.82 Å². The zero-order valence-electron chi connectivity index (χ0n) is 13.6. The second kappa shape index (κ2) is 6.49. The van der Waals surface area contributed by atoms with Crippen LogP contribution in [0.2, 0.25) is 0 Å².